The van der Waals surface area contributed by atoms with Crippen molar-refractivity contribution in [2.45, 2.75) is 0 Å². The van der Waals surface area contributed by atoms with Gasteiger partial charge in [0.15, 0.2) is 0 Å². The van der Waals surface area contributed by atoms with Gasteiger partial charge < -0.3 is 15.0 Å². The molecule has 0 spiro atoms. The molecule has 1 aromatic carbocycles. The Kier molecular flexibility index (Phi) is 4.16. The number of hydrogen-bond donors (Lipinski definition) is 1. The monoisotopic (exact) mass is 258 g/mol. The normalized spacial score (nSPS) is 14.6. The second-order valence-electron chi connectivity index (χ2n) is 4.11. The Bertz CT molecular complexity index is 510. The lowest BCUT2D eigenvalue weighted by molar-refractivity contribution is 0.0532. The topological polar surface area (TPSA) is 58.6 Å². The number of nitrogens with zero attached hydrogens (tertiary/aromatic N) is 1. The van der Waals surface area contributed by atoms with Gasteiger partial charge >= 0.3 is 12.1 Å². The van der Waals surface area contributed by atoms with Crippen LogP contribution in [0.4, 0.5) is 4.79 Å². The van der Waals surface area contributed by atoms with Crippen LogP contribution in [0.3, 0.4) is 0 Å². The second-order valence-corrected chi connectivity index (χ2v) is 4.11. The highest BCUT2D eigenvalue weighted by Crippen LogP contribution is 2.07. The van der Waals surface area contributed by atoms with E-state index >= 15 is 0 Å². The molecule has 0 radical (unpaired) electrons. The average Bonchev–Trinajstić information content (AvgIpc) is 2.48. The molecule has 1 aromatic rings. The summed E-state index contributed by atoms with van der Waals surface area (Å²) in [6, 6.07) is 6.35. The van der Waals surface area contributed by atoms with Gasteiger partial charge in [0.1, 0.15) is 0 Å². The van der Waals surface area contributed by atoms with Crippen molar-refractivity contribution in [2.75, 3.05) is 26.2 Å². The molecular formula is C14H14N2O3. The van der Waals surface area contributed by atoms with E-state index in [-0.39, 0.29) is 0 Å². The summed E-state index contributed by atoms with van der Waals surface area (Å²) in [6.07, 6.45) is 4.62. The maximum Gasteiger partial charge on any atom is 0.417 e. The highest BCUT2D eigenvalue weighted by molar-refractivity contribution is 5.96. The molecule has 1 saturated heterocycles. The van der Waals surface area contributed by atoms with Gasteiger partial charge in [0.25, 0.3) is 0 Å². The van der Waals surface area contributed by atoms with Gasteiger partial charge in [-0.2, -0.15) is 0 Å². The predicted molar refractivity (Wildman–Crippen MR) is 69.6 cm³/mol. The predicted octanol–water partition coefficient (Wildman–Crippen LogP) is 0.850. The molecule has 5 nitrogen and oxygen atoms in total. The third kappa shape index (κ3) is 3.33. The van der Waals surface area contributed by atoms with Crippen LogP contribution in [0.25, 0.3) is 0 Å². The minimum atomic E-state index is -0.660. The van der Waals surface area contributed by atoms with Crippen LogP contribution in [-0.4, -0.2) is 43.1 Å². The zero-order chi connectivity index (χ0) is 13.7. The van der Waals surface area contributed by atoms with Crippen LogP contribution >= 0.6 is 0 Å². The van der Waals surface area contributed by atoms with E-state index in [1.165, 1.54) is 4.90 Å². The molecule has 1 aliphatic rings. The van der Waals surface area contributed by atoms with Gasteiger partial charge in [-0.25, -0.2) is 9.59 Å². The van der Waals surface area contributed by atoms with Gasteiger partial charge in [-0.1, -0.05) is 5.92 Å². The van der Waals surface area contributed by atoms with E-state index in [1.807, 2.05) is 0 Å². The summed E-state index contributed by atoms with van der Waals surface area (Å²) in [6.45, 7) is 2.50. The molecule has 0 bridgehead atoms. The highest BCUT2D eigenvalue weighted by Gasteiger charge is 2.21. The van der Waals surface area contributed by atoms with Crippen LogP contribution in [0.5, 0.6) is 0 Å². The number of esters is 1. The molecule has 1 amide bonds. The molecule has 1 fully saturated rings. The largest absolute Gasteiger partial charge is 0.417 e. The molecule has 2 rings (SSSR count). The molecular weight excluding hydrogens is 244 g/mol. The summed E-state index contributed by atoms with van der Waals surface area (Å²) in [5.74, 6) is 1.79. The van der Waals surface area contributed by atoms with Crippen molar-refractivity contribution < 1.29 is 14.3 Å². The van der Waals surface area contributed by atoms with Crippen LogP contribution in [0.1, 0.15) is 15.9 Å². The van der Waals surface area contributed by atoms with E-state index in [0.29, 0.717) is 37.3 Å². The SMILES string of the molecule is C#Cc1ccc(C(=O)OC(=O)N2CCNCC2)cc1. The lowest BCUT2D eigenvalue weighted by atomic mass is 10.1. The third-order valence-electron chi connectivity index (χ3n) is 2.84. The van der Waals surface area contributed by atoms with Crippen LogP contribution in [-0.2, 0) is 4.74 Å². The molecule has 0 unspecified atom stereocenters. The van der Waals surface area contributed by atoms with E-state index in [4.69, 9.17) is 11.2 Å². The summed E-state index contributed by atoms with van der Waals surface area (Å²) in [5.41, 5.74) is 0.979. The van der Waals surface area contributed by atoms with Crippen LogP contribution < -0.4 is 5.32 Å². The lowest BCUT2D eigenvalue weighted by Gasteiger charge is -2.25. The maximum absolute atomic E-state index is 11.8. The van der Waals surface area contributed by atoms with Gasteiger partial charge in [-0.05, 0) is 24.3 Å². The minimum Gasteiger partial charge on any atom is -0.372 e. The summed E-state index contributed by atoms with van der Waals surface area (Å²) in [5, 5.41) is 3.11. The quantitative estimate of drug-likeness (QED) is 0.461. The Morgan fingerprint density at radius 3 is 2.42 bits per heavy atom. The molecule has 1 heterocycles. The Balaban J connectivity index is 1.96. The Morgan fingerprint density at radius 1 is 1.21 bits per heavy atom. The van der Waals surface area contributed by atoms with Crippen molar-refractivity contribution in [3.8, 4) is 12.3 Å². The number of carbonyl (C=O) groups excluding carboxylic acids is 2. The number of hydrogen-bond acceptors (Lipinski definition) is 4. The number of benzene rings is 1. The molecule has 1 aliphatic heterocycles. The zero-order valence-electron chi connectivity index (χ0n) is 10.4. The van der Waals surface area contributed by atoms with Gasteiger partial charge in [-0.3, -0.25) is 0 Å². The fraction of sp³-hybridized carbons (Fsp3) is 0.286. The third-order valence-corrected chi connectivity index (χ3v) is 2.84. The van der Waals surface area contributed by atoms with Crippen molar-refractivity contribution in [1.29, 1.82) is 0 Å². The first-order valence-electron chi connectivity index (χ1n) is 5.99. The van der Waals surface area contributed by atoms with Gasteiger partial charge in [0, 0.05) is 31.7 Å². The molecule has 98 valence electrons. The van der Waals surface area contributed by atoms with Gasteiger partial charge in [-0.15, -0.1) is 6.42 Å². The zero-order valence-corrected chi connectivity index (χ0v) is 10.4. The summed E-state index contributed by atoms with van der Waals surface area (Å²) in [4.78, 5) is 25.0. The number of rotatable bonds is 1. The molecule has 1 N–H and O–H groups in total. The Hall–Kier alpha value is -2.32. The number of amides is 1. The van der Waals surface area contributed by atoms with Crippen LogP contribution in [0.15, 0.2) is 24.3 Å². The van der Waals surface area contributed by atoms with E-state index in [1.54, 1.807) is 24.3 Å². The number of ether oxygens (including phenoxy) is 1. The Morgan fingerprint density at radius 2 is 1.84 bits per heavy atom. The van der Waals surface area contributed by atoms with E-state index in [0.717, 1.165) is 0 Å². The van der Waals surface area contributed by atoms with E-state index < -0.39 is 12.1 Å². The molecule has 19 heavy (non-hydrogen) atoms. The van der Waals surface area contributed by atoms with Crippen molar-refractivity contribution in [2.24, 2.45) is 0 Å². The van der Waals surface area contributed by atoms with Gasteiger partial charge in [0.2, 0.25) is 0 Å². The lowest BCUT2D eigenvalue weighted by Crippen LogP contribution is -2.47. The first-order valence-corrected chi connectivity index (χ1v) is 5.99. The summed E-state index contributed by atoms with van der Waals surface area (Å²) < 4.78 is 4.82. The minimum absolute atomic E-state index is 0.308. The molecule has 0 aliphatic carbocycles. The van der Waals surface area contributed by atoms with Crippen LogP contribution in [0, 0.1) is 12.3 Å². The molecule has 5 heteroatoms. The molecule has 0 saturated carbocycles. The smallest absolute Gasteiger partial charge is 0.372 e. The second kappa shape index (κ2) is 6.03. The van der Waals surface area contributed by atoms with Gasteiger partial charge in [0.05, 0.1) is 5.56 Å². The van der Waals surface area contributed by atoms with Crippen molar-refractivity contribution in [1.82, 2.24) is 10.2 Å². The van der Waals surface area contributed by atoms with Crippen molar-refractivity contribution in [3.63, 3.8) is 0 Å². The van der Waals surface area contributed by atoms with Crippen molar-refractivity contribution >= 4 is 12.1 Å². The first-order chi connectivity index (χ1) is 9.20. The average molecular weight is 258 g/mol. The summed E-state index contributed by atoms with van der Waals surface area (Å²) >= 11 is 0. The number of terminal acetylenes is 1. The number of piperazine rings is 1. The van der Waals surface area contributed by atoms with E-state index in [9.17, 15) is 9.59 Å². The maximum atomic E-state index is 11.8. The number of nitrogens with one attached hydrogen (secondary N) is 1. The Labute approximate surface area is 111 Å². The number of carbonyl (C=O) groups is 2. The standard InChI is InChI=1S/C14H14N2O3/c1-2-11-3-5-12(6-4-11)13(17)19-14(18)16-9-7-15-8-10-16/h1,3-6,15H,7-10H2. The van der Waals surface area contributed by atoms with Crippen molar-refractivity contribution in [3.05, 3.63) is 35.4 Å². The molecule has 0 atom stereocenters. The first kappa shape index (κ1) is 13.1. The fourth-order valence-corrected chi connectivity index (χ4v) is 1.75. The highest BCUT2D eigenvalue weighted by atomic mass is 16.6. The van der Waals surface area contributed by atoms with E-state index in [2.05, 4.69) is 11.2 Å². The van der Waals surface area contributed by atoms with Crippen LogP contribution in [0.2, 0.25) is 0 Å². The molecule has 0 aromatic heterocycles. The summed E-state index contributed by atoms with van der Waals surface area (Å²) in [7, 11) is 0. The fourth-order valence-electron chi connectivity index (χ4n) is 1.75.